The summed E-state index contributed by atoms with van der Waals surface area (Å²) < 4.78 is 5.81. The quantitative estimate of drug-likeness (QED) is 0.368. The second-order valence-corrected chi connectivity index (χ2v) is 5.21. The lowest BCUT2D eigenvalue weighted by atomic mass is 10.1. The Kier molecular flexibility index (Phi) is 4.54. The first-order valence-electron chi connectivity index (χ1n) is 5.01. The molecule has 1 aromatic rings. The molecule has 90 valence electrons. The Bertz CT molecular complexity index is 490. The summed E-state index contributed by atoms with van der Waals surface area (Å²) in [5.74, 6) is 5.75. The van der Waals surface area contributed by atoms with Crippen molar-refractivity contribution in [2.24, 2.45) is 0 Å². The van der Waals surface area contributed by atoms with E-state index in [-0.39, 0.29) is 5.97 Å². The maximum absolute atomic E-state index is 10.8. The fraction of sp³-hybridized carbons (Fsp3) is 0.308. The van der Waals surface area contributed by atoms with Gasteiger partial charge in [0.2, 0.25) is 0 Å². The summed E-state index contributed by atoms with van der Waals surface area (Å²) in [7, 11) is 0. The number of hydrogen-bond donors (Lipinski definition) is 1. The number of esters is 1. The first kappa shape index (κ1) is 14.0. The molecular weight excluding hydrogens is 331 g/mol. The average Bonchev–Trinajstić information content (AvgIpc) is 2.17. The zero-order valence-electron chi connectivity index (χ0n) is 9.87. The van der Waals surface area contributed by atoms with Crippen LogP contribution in [0.1, 0.15) is 26.3 Å². The summed E-state index contributed by atoms with van der Waals surface area (Å²) in [6.45, 7) is 4.61. The normalized spacial score (nSPS) is 10.4. The SMILES string of the molecule is CC(=O)Oc1ccc(C#CC(C)(C)O)cc1I. The lowest BCUT2D eigenvalue weighted by Gasteiger charge is -2.06. The molecule has 3 nitrogen and oxygen atoms in total. The highest BCUT2D eigenvalue weighted by atomic mass is 127. The fourth-order valence-corrected chi connectivity index (χ4v) is 1.67. The van der Waals surface area contributed by atoms with E-state index in [1.165, 1.54) is 6.92 Å². The van der Waals surface area contributed by atoms with Crippen molar-refractivity contribution in [3.63, 3.8) is 0 Å². The third kappa shape index (κ3) is 5.20. The minimum absolute atomic E-state index is 0.349. The van der Waals surface area contributed by atoms with Crippen LogP contribution in [0.2, 0.25) is 0 Å². The summed E-state index contributed by atoms with van der Waals surface area (Å²) in [6, 6.07) is 5.24. The smallest absolute Gasteiger partial charge is 0.308 e. The Morgan fingerprint density at radius 2 is 2.12 bits per heavy atom. The monoisotopic (exact) mass is 344 g/mol. The molecule has 0 atom stereocenters. The second kappa shape index (κ2) is 5.52. The molecule has 1 rings (SSSR count). The van der Waals surface area contributed by atoms with Gasteiger partial charge in [0.25, 0.3) is 0 Å². The van der Waals surface area contributed by atoms with E-state index >= 15 is 0 Å². The Morgan fingerprint density at radius 1 is 1.47 bits per heavy atom. The highest BCUT2D eigenvalue weighted by Crippen LogP contribution is 2.22. The topological polar surface area (TPSA) is 46.5 Å². The second-order valence-electron chi connectivity index (χ2n) is 4.05. The molecule has 0 spiro atoms. The van der Waals surface area contributed by atoms with Crippen LogP contribution in [0.5, 0.6) is 5.75 Å². The molecule has 17 heavy (non-hydrogen) atoms. The molecule has 4 heteroatoms. The van der Waals surface area contributed by atoms with Crippen LogP contribution in [-0.4, -0.2) is 16.7 Å². The standard InChI is InChI=1S/C13H13IO3/c1-9(15)17-12-5-4-10(8-11(12)14)6-7-13(2,3)16/h4-5,8,16H,1-3H3. The third-order valence-corrected chi connectivity index (χ3v) is 2.54. The molecule has 0 bridgehead atoms. The minimum atomic E-state index is -1.01. The third-order valence-electron chi connectivity index (χ3n) is 1.70. The summed E-state index contributed by atoms with van der Waals surface area (Å²) >= 11 is 2.07. The van der Waals surface area contributed by atoms with Crippen molar-refractivity contribution in [1.29, 1.82) is 0 Å². The summed E-state index contributed by atoms with van der Waals surface area (Å²) in [6.07, 6.45) is 0. The molecule has 0 amide bonds. The molecule has 1 aromatic carbocycles. The van der Waals surface area contributed by atoms with Gasteiger partial charge in [-0.2, -0.15) is 0 Å². The molecule has 1 N–H and O–H groups in total. The number of rotatable bonds is 1. The van der Waals surface area contributed by atoms with Crippen LogP contribution in [0.15, 0.2) is 18.2 Å². The number of halogens is 1. The minimum Gasteiger partial charge on any atom is -0.426 e. The van der Waals surface area contributed by atoms with Crippen molar-refractivity contribution < 1.29 is 14.6 Å². The van der Waals surface area contributed by atoms with Gasteiger partial charge in [0.15, 0.2) is 0 Å². The van der Waals surface area contributed by atoms with Gasteiger partial charge in [0, 0.05) is 12.5 Å². The molecule has 0 aliphatic rings. The molecule has 0 heterocycles. The summed E-state index contributed by atoms with van der Waals surface area (Å²) in [4.78, 5) is 10.8. The highest BCUT2D eigenvalue weighted by molar-refractivity contribution is 14.1. The number of carbonyl (C=O) groups is 1. The van der Waals surface area contributed by atoms with Gasteiger partial charge in [-0.3, -0.25) is 4.79 Å². The molecule has 0 aliphatic heterocycles. The van der Waals surface area contributed by atoms with Gasteiger partial charge in [0.1, 0.15) is 11.4 Å². The van der Waals surface area contributed by atoms with Crippen LogP contribution < -0.4 is 4.74 Å². The van der Waals surface area contributed by atoms with Gasteiger partial charge in [-0.05, 0) is 54.6 Å². The predicted molar refractivity (Wildman–Crippen MR) is 73.6 cm³/mol. The van der Waals surface area contributed by atoms with Crippen molar-refractivity contribution in [3.8, 4) is 17.6 Å². The maximum atomic E-state index is 10.8. The average molecular weight is 344 g/mol. The molecule has 0 aromatic heterocycles. The number of aliphatic hydroxyl groups is 1. The highest BCUT2D eigenvalue weighted by Gasteiger charge is 2.07. The van der Waals surface area contributed by atoms with Gasteiger partial charge in [0.05, 0.1) is 3.57 Å². The molecule has 0 fully saturated rings. The van der Waals surface area contributed by atoms with Crippen molar-refractivity contribution in [1.82, 2.24) is 0 Å². The van der Waals surface area contributed by atoms with Crippen LogP contribution in [0.3, 0.4) is 0 Å². The Morgan fingerprint density at radius 3 is 2.59 bits per heavy atom. The van der Waals surface area contributed by atoms with E-state index in [9.17, 15) is 9.90 Å². The lowest BCUT2D eigenvalue weighted by Crippen LogP contribution is -2.14. The van der Waals surface area contributed by atoms with E-state index in [1.54, 1.807) is 32.0 Å². The zero-order chi connectivity index (χ0) is 13.1. The molecule has 0 aliphatic carbocycles. The maximum Gasteiger partial charge on any atom is 0.308 e. The van der Waals surface area contributed by atoms with Gasteiger partial charge in [-0.15, -0.1) is 0 Å². The summed E-state index contributed by atoms with van der Waals surface area (Å²) in [5.41, 5.74) is -0.243. The predicted octanol–water partition coefficient (Wildman–Crippen LogP) is 2.34. The fourth-order valence-electron chi connectivity index (χ4n) is 1.04. The van der Waals surface area contributed by atoms with E-state index in [0.29, 0.717) is 5.75 Å². The first-order valence-corrected chi connectivity index (χ1v) is 6.09. The number of benzene rings is 1. The van der Waals surface area contributed by atoms with E-state index in [0.717, 1.165) is 9.13 Å². The largest absolute Gasteiger partial charge is 0.426 e. The Labute approximate surface area is 114 Å². The van der Waals surface area contributed by atoms with Crippen LogP contribution in [0.4, 0.5) is 0 Å². The first-order chi connectivity index (χ1) is 7.78. The van der Waals surface area contributed by atoms with E-state index in [1.807, 2.05) is 0 Å². The molecule has 0 radical (unpaired) electrons. The van der Waals surface area contributed by atoms with E-state index in [2.05, 4.69) is 34.4 Å². The van der Waals surface area contributed by atoms with Gasteiger partial charge in [-0.1, -0.05) is 11.8 Å². The number of carbonyl (C=O) groups excluding carboxylic acids is 1. The molecule has 0 saturated heterocycles. The molecule has 0 saturated carbocycles. The number of hydrogen-bond acceptors (Lipinski definition) is 3. The lowest BCUT2D eigenvalue weighted by molar-refractivity contribution is -0.131. The van der Waals surface area contributed by atoms with E-state index < -0.39 is 5.60 Å². The van der Waals surface area contributed by atoms with Crippen molar-refractivity contribution in [2.45, 2.75) is 26.4 Å². The van der Waals surface area contributed by atoms with Gasteiger partial charge < -0.3 is 9.84 Å². The van der Waals surface area contributed by atoms with Crippen molar-refractivity contribution in [2.75, 3.05) is 0 Å². The Balaban J connectivity index is 2.96. The van der Waals surface area contributed by atoms with Crippen LogP contribution in [-0.2, 0) is 4.79 Å². The molecule has 0 unspecified atom stereocenters. The molecular formula is C13H13IO3. The zero-order valence-corrected chi connectivity index (χ0v) is 12.0. The number of ether oxygens (including phenoxy) is 1. The van der Waals surface area contributed by atoms with Crippen LogP contribution in [0, 0.1) is 15.4 Å². The van der Waals surface area contributed by atoms with Gasteiger partial charge >= 0.3 is 5.97 Å². The van der Waals surface area contributed by atoms with Crippen LogP contribution in [0.25, 0.3) is 0 Å². The van der Waals surface area contributed by atoms with E-state index in [4.69, 9.17) is 4.74 Å². The summed E-state index contributed by atoms with van der Waals surface area (Å²) in [5, 5.41) is 9.48. The van der Waals surface area contributed by atoms with Crippen LogP contribution >= 0.6 is 22.6 Å². The Hall–Kier alpha value is -1.06. The van der Waals surface area contributed by atoms with Crippen molar-refractivity contribution >= 4 is 28.6 Å². The van der Waals surface area contributed by atoms with Gasteiger partial charge in [-0.25, -0.2) is 0 Å². The van der Waals surface area contributed by atoms with Crippen molar-refractivity contribution in [3.05, 3.63) is 27.3 Å².